The maximum atomic E-state index is 10.5. The van der Waals surface area contributed by atoms with E-state index in [1.54, 1.807) is 11.8 Å². The van der Waals surface area contributed by atoms with Crippen LogP contribution in [0.5, 0.6) is 11.5 Å². The molecular formula is C30H40O4S. The molecule has 0 spiro atoms. The fourth-order valence-electron chi connectivity index (χ4n) is 3.99. The summed E-state index contributed by atoms with van der Waals surface area (Å²) in [7, 11) is 0. The Morgan fingerprint density at radius 2 is 1.40 bits per heavy atom. The molecule has 0 aromatic heterocycles. The summed E-state index contributed by atoms with van der Waals surface area (Å²) < 4.78 is 12.1. The molecule has 2 unspecified atom stereocenters. The minimum atomic E-state index is -0.483. The minimum Gasteiger partial charge on any atom is -0.491 e. The van der Waals surface area contributed by atoms with Gasteiger partial charge in [-0.15, -0.1) is 0 Å². The number of hydrogen-bond acceptors (Lipinski definition) is 5. The molecule has 0 heterocycles. The number of unbranched alkanes of at least 4 members (excludes halogenated alkanes) is 4. The van der Waals surface area contributed by atoms with Crippen LogP contribution in [0.2, 0.25) is 0 Å². The van der Waals surface area contributed by atoms with E-state index in [2.05, 4.69) is 38.1 Å². The molecule has 0 aliphatic heterocycles. The van der Waals surface area contributed by atoms with Crippen LogP contribution in [0.1, 0.15) is 65.2 Å². The highest BCUT2D eigenvalue weighted by Gasteiger charge is 2.14. The van der Waals surface area contributed by atoms with Gasteiger partial charge in [0.25, 0.3) is 0 Å². The molecule has 0 fully saturated rings. The van der Waals surface area contributed by atoms with Crippen LogP contribution in [0.4, 0.5) is 0 Å². The van der Waals surface area contributed by atoms with Gasteiger partial charge in [-0.05, 0) is 54.6 Å². The minimum absolute atomic E-state index is 0.271. The molecule has 0 amide bonds. The van der Waals surface area contributed by atoms with Gasteiger partial charge < -0.3 is 19.7 Å². The summed E-state index contributed by atoms with van der Waals surface area (Å²) in [5, 5.41) is 22.7. The predicted molar refractivity (Wildman–Crippen MR) is 146 cm³/mol. The molecule has 0 bridgehead atoms. The second-order valence-electron chi connectivity index (χ2n) is 9.11. The number of benzene rings is 3. The number of aliphatic hydroxyl groups excluding tert-OH is 2. The molecule has 2 atom stereocenters. The van der Waals surface area contributed by atoms with Gasteiger partial charge in [0.1, 0.15) is 24.7 Å². The molecule has 2 N–H and O–H groups in total. The van der Waals surface area contributed by atoms with Crippen molar-refractivity contribution in [1.29, 1.82) is 0 Å². The van der Waals surface area contributed by atoms with Crippen molar-refractivity contribution in [2.45, 2.75) is 87.2 Å². The molecule has 190 valence electrons. The Morgan fingerprint density at radius 1 is 0.743 bits per heavy atom. The Balaban J connectivity index is 1.76. The summed E-state index contributed by atoms with van der Waals surface area (Å²) in [6, 6.07) is 20.3. The average Bonchev–Trinajstić information content (AvgIpc) is 2.87. The van der Waals surface area contributed by atoms with Crippen molar-refractivity contribution in [2.75, 3.05) is 13.2 Å². The predicted octanol–water partition coefficient (Wildman–Crippen LogP) is 7.63. The number of rotatable bonds is 16. The zero-order valence-corrected chi connectivity index (χ0v) is 21.9. The second-order valence-corrected chi connectivity index (χ2v) is 10.2. The van der Waals surface area contributed by atoms with E-state index in [4.69, 9.17) is 9.47 Å². The summed E-state index contributed by atoms with van der Waals surface area (Å²) in [6.45, 7) is 4.89. The zero-order chi connectivity index (χ0) is 24.9. The van der Waals surface area contributed by atoms with Crippen LogP contribution in [0.3, 0.4) is 0 Å². The standard InChI is InChI=1S/C30H40O4S/c1-3-5-8-12-24(31)21-33-26-17-18-28-23(20-26)16-19-29(35-27-14-10-7-11-15-27)30(28)34-22-25(32)13-9-6-4-2/h7,10-11,14-20,24-25,31-32H,3-6,8-9,12-13,21-22H2,1-2H3. The molecule has 3 aromatic rings. The monoisotopic (exact) mass is 496 g/mol. The molecule has 4 nitrogen and oxygen atoms in total. The number of ether oxygens (including phenoxy) is 2. The van der Waals surface area contributed by atoms with Gasteiger partial charge in [-0.25, -0.2) is 0 Å². The molecule has 0 saturated heterocycles. The number of hydrogen-bond donors (Lipinski definition) is 2. The third-order valence-corrected chi connectivity index (χ3v) is 7.07. The Morgan fingerprint density at radius 3 is 2.06 bits per heavy atom. The number of aliphatic hydroxyl groups is 2. The van der Waals surface area contributed by atoms with Crippen molar-refractivity contribution in [2.24, 2.45) is 0 Å². The van der Waals surface area contributed by atoms with Gasteiger partial charge in [-0.3, -0.25) is 0 Å². The van der Waals surface area contributed by atoms with Gasteiger partial charge in [0.2, 0.25) is 0 Å². The second kappa shape index (κ2) is 15.0. The normalized spacial score (nSPS) is 13.0. The van der Waals surface area contributed by atoms with Crippen LogP contribution in [-0.2, 0) is 0 Å². The highest BCUT2D eigenvalue weighted by Crippen LogP contribution is 2.41. The van der Waals surface area contributed by atoms with E-state index in [1.807, 2.05) is 36.4 Å². The van der Waals surface area contributed by atoms with Crippen molar-refractivity contribution >= 4 is 22.5 Å². The van der Waals surface area contributed by atoms with E-state index < -0.39 is 12.2 Å². The van der Waals surface area contributed by atoms with Gasteiger partial charge in [-0.1, -0.05) is 88.4 Å². The van der Waals surface area contributed by atoms with E-state index in [0.717, 1.165) is 83.4 Å². The van der Waals surface area contributed by atoms with Crippen LogP contribution in [0, 0.1) is 0 Å². The maximum Gasteiger partial charge on any atom is 0.141 e. The van der Waals surface area contributed by atoms with Crippen LogP contribution in [-0.4, -0.2) is 35.6 Å². The summed E-state index contributed by atoms with van der Waals surface area (Å²) in [6.07, 6.45) is 7.14. The lowest BCUT2D eigenvalue weighted by molar-refractivity contribution is 0.0969. The molecule has 0 radical (unpaired) electrons. The fourth-order valence-corrected chi connectivity index (χ4v) is 4.94. The lowest BCUT2D eigenvalue weighted by atomic mass is 10.1. The van der Waals surface area contributed by atoms with Gasteiger partial charge >= 0.3 is 0 Å². The Kier molecular flexibility index (Phi) is 11.8. The molecule has 3 aromatic carbocycles. The van der Waals surface area contributed by atoms with E-state index in [9.17, 15) is 10.2 Å². The fraction of sp³-hybridized carbons (Fsp3) is 0.467. The Labute approximate surface area is 214 Å². The van der Waals surface area contributed by atoms with Gasteiger partial charge in [0, 0.05) is 10.3 Å². The van der Waals surface area contributed by atoms with Crippen molar-refractivity contribution in [1.82, 2.24) is 0 Å². The first-order valence-corrected chi connectivity index (χ1v) is 13.8. The average molecular weight is 497 g/mol. The Hall–Kier alpha value is -2.21. The lowest BCUT2D eigenvalue weighted by Crippen LogP contribution is -2.18. The van der Waals surface area contributed by atoms with Crippen LogP contribution in [0.25, 0.3) is 10.8 Å². The van der Waals surface area contributed by atoms with Crippen molar-refractivity contribution < 1.29 is 19.7 Å². The third kappa shape index (κ3) is 9.06. The summed E-state index contributed by atoms with van der Waals surface area (Å²) in [5.74, 6) is 1.53. The molecule has 0 aliphatic carbocycles. The van der Waals surface area contributed by atoms with E-state index >= 15 is 0 Å². The largest absolute Gasteiger partial charge is 0.491 e. The van der Waals surface area contributed by atoms with Crippen molar-refractivity contribution in [3.8, 4) is 11.5 Å². The third-order valence-electron chi connectivity index (χ3n) is 6.02. The molecular weight excluding hydrogens is 456 g/mol. The van der Waals surface area contributed by atoms with Gasteiger partial charge in [-0.2, -0.15) is 0 Å². The summed E-state index contributed by atoms with van der Waals surface area (Å²) >= 11 is 1.66. The highest BCUT2D eigenvalue weighted by molar-refractivity contribution is 7.99. The van der Waals surface area contributed by atoms with Gasteiger partial charge in [0.15, 0.2) is 0 Å². The van der Waals surface area contributed by atoms with Crippen molar-refractivity contribution in [3.05, 3.63) is 60.7 Å². The first-order chi connectivity index (χ1) is 17.1. The first kappa shape index (κ1) is 27.4. The van der Waals surface area contributed by atoms with Crippen LogP contribution >= 0.6 is 11.8 Å². The zero-order valence-electron chi connectivity index (χ0n) is 21.1. The van der Waals surface area contributed by atoms with Crippen molar-refractivity contribution in [3.63, 3.8) is 0 Å². The lowest BCUT2D eigenvalue weighted by Gasteiger charge is -2.18. The first-order valence-electron chi connectivity index (χ1n) is 13.0. The molecule has 3 rings (SSSR count). The molecule has 0 aliphatic rings. The Bertz CT molecular complexity index is 1010. The molecule has 35 heavy (non-hydrogen) atoms. The smallest absolute Gasteiger partial charge is 0.141 e. The quantitative estimate of drug-likeness (QED) is 0.200. The summed E-state index contributed by atoms with van der Waals surface area (Å²) in [5.41, 5.74) is 0. The van der Waals surface area contributed by atoms with Crippen LogP contribution in [0.15, 0.2) is 70.5 Å². The van der Waals surface area contributed by atoms with Crippen LogP contribution < -0.4 is 9.47 Å². The van der Waals surface area contributed by atoms with E-state index in [0.29, 0.717) is 6.61 Å². The topological polar surface area (TPSA) is 58.9 Å². The summed E-state index contributed by atoms with van der Waals surface area (Å²) in [4.78, 5) is 2.15. The number of fused-ring (bicyclic) bond motifs is 1. The molecule has 5 heteroatoms. The van der Waals surface area contributed by atoms with Gasteiger partial charge in [0.05, 0.1) is 17.1 Å². The SMILES string of the molecule is CCCCCC(O)COc1ccc2c(OCC(O)CCCCC)c(Sc3ccccc3)ccc2c1. The van der Waals surface area contributed by atoms with E-state index in [-0.39, 0.29) is 6.61 Å². The maximum absolute atomic E-state index is 10.5. The highest BCUT2D eigenvalue weighted by atomic mass is 32.2. The van der Waals surface area contributed by atoms with E-state index in [1.165, 1.54) is 0 Å². The molecule has 0 saturated carbocycles.